The summed E-state index contributed by atoms with van der Waals surface area (Å²) in [7, 11) is -2.30. The van der Waals surface area contributed by atoms with Crippen LogP contribution in [-0.4, -0.2) is 38.9 Å². The van der Waals surface area contributed by atoms with Crippen LogP contribution in [0.3, 0.4) is 0 Å². The molecule has 4 rings (SSSR count). The predicted octanol–water partition coefficient (Wildman–Crippen LogP) is 7.58. The first-order valence-electron chi connectivity index (χ1n) is 13.7. The summed E-state index contributed by atoms with van der Waals surface area (Å²) in [6, 6.07) is 16.8. The number of carbonyl (C=O) groups is 3. The van der Waals surface area contributed by atoms with E-state index >= 15 is 0 Å². The summed E-state index contributed by atoms with van der Waals surface area (Å²) in [5.74, 6) is -2.71. The fraction of sp³-hybridized carbons (Fsp3) is 0.323. The molecule has 0 radical (unpaired) electrons. The molecule has 8 nitrogen and oxygen atoms in total. The van der Waals surface area contributed by atoms with Gasteiger partial charge in [-0.1, -0.05) is 84.7 Å². The number of hydrogen-bond donors (Lipinski definition) is 2. The summed E-state index contributed by atoms with van der Waals surface area (Å²) in [4.78, 5) is 41.3. The monoisotopic (exact) mass is 689 g/mol. The van der Waals surface area contributed by atoms with E-state index in [1.54, 1.807) is 18.2 Å². The summed E-state index contributed by atoms with van der Waals surface area (Å²) in [6.45, 7) is 10.6. The summed E-state index contributed by atoms with van der Waals surface area (Å²) in [5.41, 5.74) is 2.02. The molecule has 43 heavy (non-hydrogen) atoms. The van der Waals surface area contributed by atoms with Crippen LogP contribution in [0.1, 0.15) is 37.9 Å². The van der Waals surface area contributed by atoms with Crippen LogP contribution in [0.5, 0.6) is 0 Å². The minimum Gasteiger partial charge on any atom is -0.444 e. The van der Waals surface area contributed by atoms with Crippen molar-refractivity contribution in [3.63, 3.8) is 0 Å². The van der Waals surface area contributed by atoms with Gasteiger partial charge in [-0.3, -0.25) is 14.5 Å². The fourth-order valence-corrected chi connectivity index (χ4v) is 5.86. The number of hydrogen-bond acceptors (Lipinski definition) is 5. The van der Waals surface area contributed by atoms with Crippen molar-refractivity contribution in [2.45, 2.75) is 57.6 Å². The van der Waals surface area contributed by atoms with Gasteiger partial charge >= 0.3 is 17.9 Å². The summed E-state index contributed by atoms with van der Waals surface area (Å²) in [6.07, 6.45) is -0.620. The van der Waals surface area contributed by atoms with Crippen molar-refractivity contribution in [1.29, 1.82) is 0 Å². The Hall–Kier alpha value is -3.25. The van der Waals surface area contributed by atoms with E-state index in [-0.39, 0.29) is 29.0 Å². The van der Waals surface area contributed by atoms with Crippen molar-refractivity contribution in [3.8, 4) is 0 Å². The van der Waals surface area contributed by atoms with Crippen molar-refractivity contribution in [2.24, 2.45) is 0 Å². The Balaban J connectivity index is 1.64. The Morgan fingerprint density at radius 1 is 1.02 bits per heavy atom. The second kappa shape index (κ2) is 13.2. The van der Waals surface area contributed by atoms with Crippen LogP contribution in [0.4, 0.5) is 20.6 Å². The maximum atomic E-state index is 13.9. The molecule has 12 heteroatoms. The van der Waals surface area contributed by atoms with Crippen molar-refractivity contribution in [3.05, 3.63) is 93.2 Å². The van der Waals surface area contributed by atoms with Crippen molar-refractivity contribution < 1.29 is 27.9 Å². The van der Waals surface area contributed by atoms with Gasteiger partial charge in [0.25, 0.3) is 0 Å². The van der Waals surface area contributed by atoms with Crippen molar-refractivity contribution in [2.75, 3.05) is 16.8 Å². The lowest BCUT2D eigenvalue weighted by atomic mass is 10.0. The molecule has 1 aliphatic rings. The van der Waals surface area contributed by atoms with Crippen LogP contribution in [0, 0.1) is 5.82 Å². The van der Waals surface area contributed by atoms with Crippen LogP contribution in [0.25, 0.3) is 0 Å². The van der Waals surface area contributed by atoms with E-state index in [1.807, 2.05) is 30.3 Å². The molecule has 2 N–H and O–H groups in total. The molecule has 0 aromatic heterocycles. The molecule has 3 aromatic carbocycles. The number of nitrogens with zero attached hydrogens (tertiary/aromatic N) is 1. The number of rotatable bonds is 7. The molecule has 0 saturated heterocycles. The quantitative estimate of drug-likeness (QED) is 0.197. The third-order valence-corrected chi connectivity index (χ3v) is 13.1. The Kier molecular flexibility index (Phi) is 10.0. The Bertz CT molecular complexity index is 1520. The van der Waals surface area contributed by atoms with Gasteiger partial charge in [0.1, 0.15) is 12.4 Å². The van der Waals surface area contributed by atoms with Crippen molar-refractivity contribution >= 4 is 65.1 Å². The summed E-state index contributed by atoms with van der Waals surface area (Å²) < 4.78 is 26.9. The number of fused-ring (bicyclic) bond motifs is 1. The maximum absolute atomic E-state index is 13.9. The average Bonchev–Trinajstić information content (AvgIpc) is 3.24. The largest absolute Gasteiger partial charge is 0.444 e. The zero-order valence-electron chi connectivity index (χ0n) is 24.5. The summed E-state index contributed by atoms with van der Waals surface area (Å²) >= 11 is 9.21. The lowest BCUT2D eigenvalue weighted by Gasteiger charge is -2.38. The van der Waals surface area contributed by atoms with Gasteiger partial charge in [0.2, 0.25) is 0 Å². The highest BCUT2D eigenvalue weighted by atomic mass is 79.9. The molecule has 2 atom stereocenters. The van der Waals surface area contributed by atoms with E-state index in [0.717, 1.165) is 11.6 Å². The molecular formula is C31H34BrClFN3O5Si. The van der Waals surface area contributed by atoms with Gasteiger partial charge in [-0.15, -0.1) is 0 Å². The number of benzene rings is 3. The van der Waals surface area contributed by atoms with Crippen LogP contribution in [0.15, 0.2) is 71.2 Å². The van der Waals surface area contributed by atoms with Crippen molar-refractivity contribution in [1.82, 2.24) is 5.32 Å². The minimum atomic E-state index is -2.30. The standard InChI is InChI=1S/C31H34BrClFN3O5Si/c1-31(2,3)43(4,5)42-18-26-27(36-29(39)28(38)35-21-12-14-23(33)24(34)16-21)22-13-11-20(32)15-25(22)37(26)30(40)41-17-19-9-7-6-8-10-19/h6-16,26-27H,17-18H2,1-5H3,(H,35,38)(H,36,39)/t26-,27+/m1/s1. The highest BCUT2D eigenvalue weighted by Gasteiger charge is 2.46. The predicted molar refractivity (Wildman–Crippen MR) is 171 cm³/mol. The molecule has 228 valence electrons. The lowest BCUT2D eigenvalue weighted by molar-refractivity contribution is -0.136. The first-order chi connectivity index (χ1) is 20.2. The molecular weight excluding hydrogens is 657 g/mol. The topological polar surface area (TPSA) is 97.0 Å². The number of carbonyl (C=O) groups excluding carboxylic acids is 3. The third-order valence-electron chi connectivity index (χ3n) is 7.80. The number of anilines is 2. The van der Waals surface area contributed by atoms with Crippen LogP contribution < -0.4 is 15.5 Å². The maximum Gasteiger partial charge on any atom is 0.415 e. The number of amides is 3. The molecule has 0 spiro atoms. The van der Waals surface area contributed by atoms with E-state index in [9.17, 15) is 18.8 Å². The van der Waals surface area contributed by atoms with Gasteiger partial charge in [-0.25, -0.2) is 9.18 Å². The molecule has 0 bridgehead atoms. The van der Waals surface area contributed by atoms with E-state index in [4.69, 9.17) is 20.8 Å². The second-order valence-electron chi connectivity index (χ2n) is 11.8. The van der Waals surface area contributed by atoms with E-state index in [0.29, 0.717) is 15.7 Å². The van der Waals surface area contributed by atoms with Gasteiger partial charge in [0.15, 0.2) is 8.32 Å². The zero-order valence-corrected chi connectivity index (χ0v) is 27.9. The zero-order chi connectivity index (χ0) is 31.5. The molecule has 0 aliphatic carbocycles. The number of halogens is 3. The SMILES string of the molecule is CC(C)(C)[Si](C)(C)OC[C@@H]1[C@@H](NC(=O)C(=O)Nc2ccc(Cl)c(F)c2)c2ccc(Br)cc2N1C(=O)OCc1ccccc1. The second-order valence-corrected chi connectivity index (χ2v) is 17.9. The van der Waals surface area contributed by atoms with Gasteiger partial charge in [-0.05, 0) is 54.0 Å². The molecule has 0 saturated carbocycles. The first-order valence-corrected chi connectivity index (χ1v) is 17.8. The average molecular weight is 691 g/mol. The molecule has 0 fully saturated rings. The van der Waals surface area contributed by atoms with Crippen LogP contribution in [0.2, 0.25) is 23.2 Å². The number of ether oxygens (including phenoxy) is 1. The molecule has 3 aromatic rings. The fourth-order valence-electron chi connectivity index (χ4n) is 4.37. The van der Waals surface area contributed by atoms with Gasteiger partial charge in [0.05, 0.1) is 29.4 Å². The molecule has 3 amide bonds. The highest BCUT2D eigenvalue weighted by molar-refractivity contribution is 9.10. The molecule has 0 unspecified atom stereocenters. The molecule has 1 heterocycles. The van der Waals surface area contributed by atoms with E-state index in [1.165, 1.54) is 17.0 Å². The van der Waals surface area contributed by atoms with Gasteiger partial charge < -0.3 is 19.8 Å². The van der Waals surface area contributed by atoms with E-state index < -0.39 is 44.1 Å². The van der Waals surface area contributed by atoms with Gasteiger partial charge in [-0.2, -0.15) is 0 Å². The smallest absolute Gasteiger partial charge is 0.415 e. The van der Waals surface area contributed by atoms with Crippen LogP contribution in [-0.2, 0) is 25.4 Å². The highest BCUT2D eigenvalue weighted by Crippen LogP contribution is 2.43. The third kappa shape index (κ3) is 7.64. The Labute approximate surface area is 265 Å². The lowest BCUT2D eigenvalue weighted by Crippen LogP contribution is -2.51. The normalized spacial score (nSPS) is 16.4. The first kappa shape index (κ1) is 32.7. The summed E-state index contributed by atoms with van der Waals surface area (Å²) in [5, 5.41) is 4.95. The van der Waals surface area contributed by atoms with Gasteiger partial charge in [0, 0.05) is 15.7 Å². The van der Waals surface area contributed by atoms with Crippen LogP contribution >= 0.6 is 27.5 Å². The number of nitrogens with one attached hydrogen (secondary N) is 2. The Morgan fingerprint density at radius 2 is 1.72 bits per heavy atom. The Morgan fingerprint density at radius 3 is 2.37 bits per heavy atom. The minimum absolute atomic E-state index is 0.0480. The van der Waals surface area contributed by atoms with E-state index in [2.05, 4.69) is 60.4 Å². The molecule has 1 aliphatic heterocycles.